The third kappa shape index (κ3) is 3.73. The van der Waals surface area contributed by atoms with Crippen molar-refractivity contribution in [3.8, 4) is 34.2 Å². The van der Waals surface area contributed by atoms with Gasteiger partial charge in [-0.15, -0.1) is 0 Å². The molecule has 0 saturated heterocycles. The van der Waals surface area contributed by atoms with Crippen molar-refractivity contribution in [1.29, 1.82) is 0 Å². The lowest BCUT2D eigenvalue weighted by atomic mass is 10.00. The molecule has 0 spiro atoms. The molecule has 0 radical (unpaired) electrons. The Kier molecular flexibility index (Phi) is 4.82. The minimum atomic E-state index is 0.620. The average molecular weight is 444 g/mol. The smallest absolute Gasteiger partial charge is 0.164 e. The fraction of sp³-hybridized carbons (Fsp3) is 0. The summed E-state index contributed by atoms with van der Waals surface area (Å²) < 4.78 is 0. The van der Waals surface area contributed by atoms with Gasteiger partial charge < -0.3 is 0 Å². The number of rotatable bonds is 3. The van der Waals surface area contributed by atoms with Crippen LogP contribution in [0.5, 0.6) is 0 Å². The normalized spacial score (nSPS) is 11.2. The van der Waals surface area contributed by atoms with E-state index in [1.54, 1.807) is 0 Å². The highest BCUT2D eigenvalue weighted by molar-refractivity contribution is 6.30. The summed E-state index contributed by atoms with van der Waals surface area (Å²) in [6.45, 7) is 0. The fourth-order valence-corrected chi connectivity index (χ4v) is 4.23. The lowest BCUT2D eigenvalue weighted by Gasteiger charge is -2.10. The number of aromatic nitrogens is 3. The third-order valence-electron chi connectivity index (χ3n) is 5.77. The molecule has 5 aromatic carbocycles. The first-order valence-electron chi connectivity index (χ1n) is 10.7. The van der Waals surface area contributed by atoms with E-state index in [-0.39, 0.29) is 0 Å². The van der Waals surface area contributed by atoms with E-state index in [1.165, 1.54) is 16.2 Å². The van der Waals surface area contributed by atoms with Crippen molar-refractivity contribution >= 4 is 33.1 Å². The molecule has 0 saturated carbocycles. The molecule has 0 N–H and O–H groups in total. The molecule has 0 aliphatic carbocycles. The molecule has 6 aromatic rings. The summed E-state index contributed by atoms with van der Waals surface area (Å²) in [6, 6.07) is 36.7. The summed E-state index contributed by atoms with van der Waals surface area (Å²) in [5.74, 6) is 1.90. The van der Waals surface area contributed by atoms with Gasteiger partial charge in [-0.3, -0.25) is 0 Å². The van der Waals surface area contributed by atoms with Gasteiger partial charge in [-0.1, -0.05) is 90.5 Å². The molecule has 0 atom stereocenters. The summed E-state index contributed by atoms with van der Waals surface area (Å²) in [6.07, 6.45) is 0. The number of hydrogen-bond donors (Lipinski definition) is 0. The van der Waals surface area contributed by atoms with E-state index in [4.69, 9.17) is 26.6 Å². The lowest BCUT2D eigenvalue weighted by Crippen LogP contribution is -2.00. The molecule has 1 heterocycles. The maximum Gasteiger partial charge on any atom is 0.164 e. The SMILES string of the molecule is Clc1ccc(-c2nc(-c3ccccc3)nc(-c3ccc4c(ccc5ccccc54)c3)n2)cc1. The summed E-state index contributed by atoms with van der Waals surface area (Å²) >= 11 is 6.10. The second kappa shape index (κ2) is 8.12. The van der Waals surface area contributed by atoms with Gasteiger partial charge in [-0.25, -0.2) is 15.0 Å². The molecule has 0 aliphatic heterocycles. The zero-order valence-corrected chi connectivity index (χ0v) is 18.4. The van der Waals surface area contributed by atoms with Crippen molar-refractivity contribution in [3.63, 3.8) is 0 Å². The number of hydrogen-bond acceptors (Lipinski definition) is 3. The van der Waals surface area contributed by atoms with Gasteiger partial charge in [0.05, 0.1) is 0 Å². The molecule has 0 fully saturated rings. The van der Waals surface area contributed by atoms with E-state index in [0.717, 1.165) is 22.1 Å². The minimum Gasteiger partial charge on any atom is -0.208 e. The lowest BCUT2D eigenvalue weighted by molar-refractivity contribution is 1.07. The number of benzene rings is 5. The van der Waals surface area contributed by atoms with Crippen LogP contribution >= 0.6 is 11.6 Å². The van der Waals surface area contributed by atoms with Crippen LogP contribution in [0, 0.1) is 0 Å². The number of nitrogens with zero attached hydrogens (tertiary/aromatic N) is 3. The summed E-state index contributed by atoms with van der Waals surface area (Å²) in [5.41, 5.74) is 2.79. The highest BCUT2D eigenvalue weighted by Gasteiger charge is 2.13. The van der Waals surface area contributed by atoms with Gasteiger partial charge in [0, 0.05) is 21.7 Å². The van der Waals surface area contributed by atoms with Crippen LogP contribution in [-0.4, -0.2) is 15.0 Å². The molecular weight excluding hydrogens is 426 g/mol. The summed E-state index contributed by atoms with van der Waals surface area (Å²) in [7, 11) is 0. The van der Waals surface area contributed by atoms with Gasteiger partial charge >= 0.3 is 0 Å². The van der Waals surface area contributed by atoms with Gasteiger partial charge in [0.25, 0.3) is 0 Å². The van der Waals surface area contributed by atoms with Crippen LogP contribution in [0.15, 0.2) is 109 Å². The molecular formula is C29H18ClN3. The van der Waals surface area contributed by atoms with E-state index in [9.17, 15) is 0 Å². The Morgan fingerprint density at radius 3 is 1.73 bits per heavy atom. The first-order valence-corrected chi connectivity index (χ1v) is 11.1. The van der Waals surface area contributed by atoms with Crippen LogP contribution in [0.1, 0.15) is 0 Å². The Labute approximate surface area is 196 Å². The average Bonchev–Trinajstić information content (AvgIpc) is 2.89. The Bertz CT molecular complexity index is 1610. The van der Waals surface area contributed by atoms with Crippen molar-refractivity contribution in [2.75, 3.05) is 0 Å². The van der Waals surface area contributed by atoms with E-state index >= 15 is 0 Å². The van der Waals surface area contributed by atoms with Crippen LogP contribution in [0.4, 0.5) is 0 Å². The molecule has 4 heteroatoms. The van der Waals surface area contributed by atoms with Gasteiger partial charge in [0.1, 0.15) is 0 Å². The number of halogens is 1. The Balaban J connectivity index is 1.55. The zero-order valence-electron chi connectivity index (χ0n) is 17.6. The molecule has 0 bridgehead atoms. The van der Waals surface area contributed by atoms with Crippen LogP contribution in [-0.2, 0) is 0 Å². The second-order valence-corrected chi connectivity index (χ2v) is 8.34. The van der Waals surface area contributed by atoms with Crippen LogP contribution in [0.2, 0.25) is 5.02 Å². The molecule has 156 valence electrons. The van der Waals surface area contributed by atoms with E-state index in [1.807, 2.05) is 54.6 Å². The number of fused-ring (bicyclic) bond motifs is 3. The molecule has 6 rings (SSSR count). The van der Waals surface area contributed by atoms with E-state index in [0.29, 0.717) is 22.5 Å². The van der Waals surface area contributed by atoms with E-state index < -0.39 is 0 Å². The van der Waals surface area contributed by atoms with Crippen molar-refractivity contribution < 1.29 is 0 Å². The Hall–Kier alpha value is -4.08. The van der Waals surface area contributed by atoms with Gasteiger partial charge in [-0.2, -0.15) is 0 Å². The maximum atomic E-state index is 6.10. The van der Waals surface area contributed by atoms with Crippen LogP contribution in [0.3, 0.4) is 0 Å². The topological polar surface area (TPSA) is 38.7 Å². The second-order valence-electron chi connectivity index (χ2n) is 7.90. The third-order valence-corrected chi connectivity index (χ3v) is 6.02. The molecule has 1 aromatic heterocycles. The molecule has 0 amide bonds. The Morgan fingerprint density at radius 2 is 0.970 bits per heavy atom. The van der Waals surface area contributed by atoms with Crippen molar-refractivity contribution in [1.82, 2.24) is 15.0 Å². The summed E-state index contributed by atoms with van der Waals surface area (Å²) in [5, 5.41) is 5.52. The molecule has 0 aliphatic rings. The molecule has 0 unspecified atom stereocenters. The predicted octanol–water partition coefficient (Wildman–Crippen LogP) is 7.83. The van der Waals surface area contributed by atoms with Crippen molar-refractivity contribution in [2.45, 2.75) is 0 Å². The minimum absolute atomic E-state index is 0.620. The van der Waals surface area contributed by atoms with Crippen molar-refractivity contribution in [2.24, 2.45) is 0 Å². The van der Waals surface area contributed by atoms with E-state index in [2.05, 4.69) is 54.6 Å². The van der Waals surface area contributed by atoms with Gasteiger partial charge in [0.2, 0.25) is 0 Å². The Morgan fingerprint density at radius 1 is 0.424 bits per heavy atom. The largest absolute Gasteiger partial charge is 0.208 e. The first-order chi connectivity index (χ1) is 16.2. The van der Waals surface area contributed by atoms with Crippen molar-refractivity contribution in [3.05, 3.63) is 114 Å². The predicted molar refractivity (Wildman–Crippen MR) is 136 cm³/mol. The maximum absolute atomic E-state index is 6.10. The highest BCUT2D eigenvalue weighted by Crippen LogP contribution is 2.30. The first kappa shape index (κ1) is 19.6. The van der Waals surface area contributed by atoms with Gasteiger partial charge in [-0.05, 0) is 51.9 Å². The van der Waals surface area contributed by atoms with Crippen LogP contribution in [0.25, 0.3) is 55.7 Å². The van der Waals surface area contributed by atoms with Crippen LogP contribution < -0.4 is 0 Å². The molecule has 33 heavy (non-hydrogen) atoms. The highest BCUT2D eigenvalue weighted by atomic mass is 35.5. The zero-order chi connectivity index (χ0) is 22.2. The summed E-state index contributed by atoms with van der Waals surface area (Å²) in [4.78, 5) is 14.4. The fourth-order valence-electron chi connectivity index (χ4n) is 4.10. The quantitative estimate of drug-likeness (QED) is 0.261. The van der Waals surface area contributed by atoms with Gasteiger partial charge in [0.15, 0.2) is 17.5 Å². The standard InChI is InChI=1S/C29H18ClN3/c30-24-15-12-21(13-16-24)28-31-27(20-7-2-1-3-8-20)32-29(33-28)23-14-17-26-22(18-23)11-10-19-6-4-5-9-25(19)26/h1-18H. The monoisotopic (exact) mass is 443 g/mol. The molecule has 3 nitrogen and oxygen atoms in total.